The van der Waals surface area contributed by atoms with Crippen LogP contribution in [0.4, 0.5) is 0 Å². The Kier molecular flexibility index (Phi) is 5.73. The number of hydrogen-bond donors (Lipinski definition) is 2. The highest BCUT2D eigenvalue weighted by molar-refractivity contribution is 5.77. The van der Waals surface area contributed by atoms with Gasteiger partial charge < -0.3 is 20.5 Å². The largest absolute Gasteiger partial charge is 0.493 e. The smallest absolute Gasteiger partial charge is 0.220 e. The van der Waals surface area contributed by atoms with Gasteiger partial charge in [0.25, 0.3) is 0 Å². The summed E-state index contributed by atoms with van der Waals surface area (Å²) in [5.41, 5.74) is 10.9. The molecule has 0 saturated heterocycles. The molecule has 0 bridgehead atoms. The summed E-state index contributed by atoms with van der Waals surface area (Å²) in [7, 11) is 0. The van der Waals surface area contributed by atoms with Gasteiger partial charge in [-0.1, -0.05) is 38.1 Å². The molecule has 2 fully saturated rings. The van der Waals surface area contributed by atoms with Gasteiger partial charge in [0.1, 0.15) is 11.5 Å². The molecule has 4 aliphatic rings. The van der Waals surface area contributed by atoms with Crippen LogP contribution in [0.3, 0.4) is 0 Å². The first kappa shape index (κ1) is 23.4. The first-order valence-electron chi connectivity index (χ1n) is 13.5. The molecule has 6 rings (SSSR count). The molecule has 0 radical (unpaired) electrons. The predicted molar refractivity (Wildman–Crippen MR) is 137 cm³/mol. The van der Waals surface area contributed by atoms with Crippen LogP contribution >= 0.6 is 0 Å². The Balaban J connectivity index is 1.37. The van der Waals surface area contributed by atoms with Crippen LogP contribution in [0, 0.1) is 17.3 Å². The van der Waals surface area contributed by atoms with Crippen molar-refractivity contribution in [3.63, 3.8) is 0 Å². The van der Waals surface area contributed by atoms with Crippen LogP contribution in [0.2, 0.25) is 0 Å². The molecule has 6 atom stereocenters. The molecule has 2 heterocycles. The average Bonchev–Trinajstić information content (AvgIpc) is 3.66. The van der Waals surface area contributed by atoms with Crippen molar-refractivity contribution in [2.75, 3.05) is 13.2 Å². The van der Waals surface area contributed by atoms with Crippen LogP contribution in [0.1, 0.15) is 73.6 Å². The van der Waals surface area contributed by atoms with Crippen molar-refractivity contribution in [1.29, 1.82) is 0 Å². The van der Waals surface area contributed by atoms with Crippen molar-refractivity contribution in [2.24, 2.45) is 23.0 Å². The number of hydrogen-bond acceptors (Lipinski definition) is 4. The molecule has 2 saturated carbocycles. The van der Waals surface area contributed by atoms with Gasteiger partial charge in [0.15, 0.2) is 0 Å². The van der Waals surface area contributed by atoms with E-state index in [1.807, 2.05) is 19.9 Å². The fraction of sp³-hybridized carbons (Fsp3) is 0.533. The van der Waals surface area contributed by atoms with Crippen LogP contribution < -0.4 is 20.5 Å². The number of amides is 2. The third kappa shape index (κ3) is 3.86. The molecule has 2 aliphatic carbocycles. The van der Waals surface area contributed by atoms with Gasteiger partial charge in [0.2, 0.25) is 11.8 Å². The molecule has 3 N–H and O–H groups in total. The Bertz CT molecular complexity index is 1210. The van der Waals surface area contributed by atoms with Crippen molar-refractivity contribution >= 4 is 11.8 Å². The highest BCUT2D eigenvalue weighted by Gasteiger charge is 2.65. The summed E-state index contributed by atoms with van der Waals surface area (Å²) in [5.74, 6) is 2.56. The topological polar surface area (TPSA) is 90.6 Å². The van der Waals surface area contributed by atoms with E-state index in [-0.39, 0.29) is 35.1 Å². The Morgan fingerprint density at radius 2 is 1.69 bits per heavy atom. The number of rotatable bonds is 9. The standard InChI is InChI=1S/C30H36N2O4/c1-3-27(33)32-28(23-14-22(23)18-6-4-8-25-20(18)10-12-35-25)30(15-17(2)29(31)34)16-24(30)19-7-5-9-26-21(19)11-13-36-26/h4-9,17,22-24,28H,3,10-16H2,1-2H3,(H2,31,34)(H,32,33). The third-order valence-electron chi connectivity index (χ3n) is 9.15. The Morgan fingerprint density at radius 3 is 2.33 bits per heavy atom. The van der Waals surface area contributed by atoms with E-state index in [0.717, 1.165) is 43.8 Å². The molecular weight excluding hydrogens is 452 g/mol. The maximum absolute atomic E-state index is 12.9. The minimum absolute atomic E-state index is 0.00175. The zero-order valence-electron chi connectivity index (χ0n) is 21.2. The van der Waals surface area contributed by atoms with Crippen LogP contribution in [0.5, 0.6) is 11.5 Å². The van der Waals surface area contributed by atoms with Gasteiger partial charge in [-0.3, -0.25) is 9.59 Å². The molecule has 6 unspecified atom stereocenters. The van der Waals surface area contributed by atoms with Crippen LogP contribution in [0.25, 0.3) is 0 Å². The van der Waals surface area contributed by atoms with Crippen LogP contribution in [-0.4, -0.2) is 31.1 Å². The minimum Gasteiger partial charge on any atom is -0.493 e. The summed E-state index contributed by atoms with van der Waals surface area (Å²) in [6.07, 6.45) is 4.99. The van der Waals surface area contributed by atoms with Crippen LogP contribution in [0.15, 0.2) is 36.4 Å². The molecule has 6 nitrogen and oxygen atoms in total. The molecule has 190 valence electrons. The molecule has 2 aliphatic heterocycles. The van der Waals surface area contributed by atoms with Gasteiger partial charge in [-0.25, -0.2) is 0 Å². The molecule has 36 heavy (non-hydrogen) atoms. The van der Waals surface area contributed by atoms with Gasteiger partial charge in [-0.15, -0.1) is 0 Å². The van der Waals surface area contributed by atoms with Gasteiger partial charge >= 0.3 is 0 Å². The summed E-state index contributed by atoms with van der Waals surface area (Å²) in [4.78, 5) is 25.1. The quantitative estimate of drug-likeness (QED) is 0.552. The highest BCUT2D eigenvalue weighted by Crippen LogP contribution is 2.70. The number of primary amides is 1. The fourth-order valence-electron chi connectivity index (χ4n) is 7.17. The molecule has 2 amide bonds. The second kappa shape index (κ2) is 8.82. The Labute approximate surface area is 212 Å². The van der Waals surface area contributed by atoms with E-state index >= 15 is 0 Å². The number of nitrogens with one attached hydrogen (secondary N) is 1. The highest BCUT2D eigenvalue weighted by atomic mass is 16.5. The third-order valence-corrected chi connectivity index (χ3v) is 9.15. The lowest BCUT2D eigenvalue weighted by Crippen LogP contribution is -2.45. The van der Waals surface area contributed by atoms with E-state index in [1.165, 1.54) is 22.3 Å². The van der Waals surface area contributed by atoms with E-state index in [0.29, 0.717) is 31.3 Å². The maximum Gasteiger partial charge on any atom is 0.220 e. The summed E-state index contributed by atoms with van der Waals surface area (Å²) >= 11 is 0. The lowest BCUT2D eigenvalue weighted by Gasteiger charge is -2.32. The SMILES string of the molecule is CCC(=O)NC(C1CC1c1cccc2c1CCO2)C1(CC(C)C(N)=O)CC1c1cccc2c1CCO2. The lowest BCUT2D eigenvalue weighted by atomic mass is 9.78. The molecule has 2 aromatic carbocycles. The minimum atomic E-state index is -0.271. The van der Waals surface area contributed by atoms with Crippen LogP contribution in [-0.2, 0) is 22.4 Å². The molecule has 2 aromatic rings. The van der Waals surface area contributed by atoms with Crippen molar-refractivity contribution in [3.05, 3.63) is 58.7 Å². The van der Waals surface area contributed by atoms with E-state index in [9.17, 15) is 9.59 Å². The zero-order chi connectivity index (χ0) is 25.0. The van der Waals surface area contributed by atoms with Crippen molar-refractivity contribution in [2.45, 2.75) is 70.3 Å². The fourth-order valence-corrected chi connectivity index (χ4v) is 7.17. The summed E-state index contributed by atoms with van der Waals surface area (Å²) < 4.78 is 11.7. The second-order valence-corrected chi connectivity index (χ2v) is 11.2. The van der Waals surface area contributed by atoms with E-state index in [2.05, 4.69) is 35.6 Å². The first-order chi connectivity index (χ1) is 17.4. The van der Waals surface area contributed by atoms with Gasteiger partial charge in [0.05, 0.1) is 13.2 Å². The molecule has 0 aromatic heterocycles. The van der Waals surface area contributed by atoms with Gasteiger partial charge in [-0.2, -0.15) is 0 Å². The molecule has 0 spiro atoms. The van der Waals surface area contributed by atoms with E-state index < -0.39 is 0 Å². The number of carbonyl (C=O) groups is 2. The van der Waals surface area contributed by atoms with Gasteiger partial charge in [0, 0.05) is 42.3 Å². The number of nitrogens with two attached hydrogens (primary N) is 1. The van der Waals surface area contributed by atoms with E-state index in [4.69, 9.17) is 15.2 Å². The number of fused-ring (bicyclic) bond motifs is 2. The summed E-state index contributed by atoms with van der Waals surface area (Å²) in [6.45, 7) is 5.29. The zero-order valence-corrected chi connectivity index (χ0v) is 21.2. The summed E-state index contributed by atoms with van der Waals surface area (Å²) in [5, 5.41) is 3.46. The monoisotopic (exact) mass is 488 g/mol. The van der Waals surface area contributed by atoms with Gasteiger partial charge in [-0.05, 0) is 65.7 Å². The van der Waals surface area contributed by atoms with Crippen molar-refractivity contribution in [1.82, 2.24) is 5.32 Å². The Hall–Kier alpha value is -3.02. The number of benzene rings is 2. The lowest BCUT2D eigenvalue weighted by molar-refractivity contribution is -0.122. The van der Waals surface area contributed by atoms with E-state index in [1.54, 1.807) is 0 Å². The number of carbonyl (C=O) groups excluding carboxylic acids is 2. The Morgan fingerprint density at radius 1 is 1.06 bits per heavy atom. The summed E-state index contributed by atoms with van der Waals surface area (Å²) in [6, 6.07) is 12.7. The predicted octanol–water partition coefficient (Wildman–Crippen LogP) is 4.24. The van der Waals surface area contributed by atoms with Crippen molar-refractivity contribution in [3.8, 4) is 11.5 Å². The molecule has 6 heteroatoms. The average molecular weight is 489 g/mol. The molecular formula is C30H36N2O4. The normalized spacial score (nSPS) is 28.8. The maximum atomic E-state index is 12.9. The second-order valence-electron chi connectivity index (χ2n) is 11.2. The number of ether oxygens (including phenoxy) is 2. The first-order valence-corrected chi connectivity index (χ1v) is 13.5. The van der Waals surface area contributed by atoms with Crippen molar-refractivity contribution < 1.29 is 19.1 Å².